The summed E-state index contributed by atoms with van der Waals surface area (Å²) in [5.41, 5.74) is 5.00. The van der Waals surface area contributed by atoms with Crippen molar-refractivity contribution in [2.45, 2.75) is 25.8 Å². The Bertz CT molecular complexity index is 296. The number of hydrazine groups is 1. The lowest BCUT2D eigenvalue weighted by atomic mass is 10.0. The predicted octanol–water partition coefficient (Wildman–Crippen LogP) is 1.86. The van der Waals surface area contributed by atoms with Gasteiger partial charge >= 0.3 is 0 Å². The molecule has 76 valence electrons. The summed E-state index contributed by atoms with van der Waals surface area (Å²) in [6, 6.07) is 4.23. The summed E-state index contributed by atoms with van der Waals surface area (Å²) in [5, 5.41) is 0. The van der Waals surface area contributed by atoms with Gasteiger partial charge in [0.2, 0.25) is 0 Å². The van der Waals surface area contributed by atoms with Gasteiger partial charge in [-0.25, -0.2) is 0 Å². The Morgan fingerprint density at radius 3 is 3.07 bits per heavy atom. The van der Waals surface area contributed by atoms with Crippen LogP contribution in [0.15, 0.2) is 31.0 Å². The first-order valence-corrected chi connectivity index (χ1v) is 4.77. The average molecular weight is 191 g/mol. The van der Waals surface area contributed by atoms with E-state index in [2.05, 4.69) is 17.0 Å². The van der Waals surface area contributed by atoms with Crippen LogP contribution in [0.2, 0.25) is 0 Å². The van der Waals surface area contributed by atoms with Crippen molar-refractivity contribution in [3.05, 3.63) is 42.2 Å². The lowest BCUT2D eigenvalue weighted by Crippen LogP contribution is -2.27. The van der Waals surface area contributed by atoms with Crippen LogP contribution >= 0.6 is 0 Å². The fraction of sp³-hybridized carbons (Fsp3) is 0.364. The van der Waals surface area contributed by atoms with Crippen LogP contribution in [0, 0.1) is 6.92 Å². The molecule has 1 aromatic heterocycles. The fourth-order valence-electron chi connectivity index (χ4n) is 1.41. The number of allylic oxidation sites excluding steroid dienone is 1. The molecule has 1 heterocycles. The quantitative estimate of drug-likeness (QED) is 0.424. The smallest absolute Gasteiger partial charge is 0.0464 e. The summed E-state index contributed by atoms with van der Waals surface area (Å²) in [6.45, 7) is 5.67. The normalized spacial score (nSPS) is 12.4. The van der Waals surface area contributed by atoms with Crippen LogP contribution in [0.5, 0.6) is 0 Å². The van der Waals surface area contributed by atoms with Crippen molar-refractivity contribution in [2.75, 3.05) is 0 Å². The summed E-state index contributed by atoms with van der Waals surface area (Å²) in [6.07, 6.45) is 5.63. The third-order valence-corrected chi connectivity index (χ3v) is 2.18. The van der Waals surface area contributed by atoms with Gasteiger partial charge in [-0.3, -0.25) is 16.3 Å². The fourth-order valence-corrected chi connectivity index (χ4v) is 1.41. The van der Waals surface area contributed by atoms with Gasteiger partial charge in [-0.05, 0) is 37.5 Å². The molecule has 0 aliphatic carbocycles. The Labute approximate surface area is 85.0 Å². The van der Waals surface area contributed by atoms with E-state index in [9.17, 15) is 0 Å². The molecule has 0 aliphatic rings. The van der Waals surface area contributed by atoms with Crippen molar-refractivity contribution in [1.82, 2.24) is 10.4 Å². The number of aromatic nitrogens is 1. The van der Waals surface area contributed by atoms with Gasteiger partial charge in [0.25, 0.3) is 0 Å². The second kappa shape index (κ2) is 5.52. The van der Waals surface area contributed by atoms with Gasteiger partial charge in [0, 0.05) is 17.9 Å². The van der Waals surface area contributed by atoms with Crippen LogP contribution in [0.25, 0.3) is 0 Å². The average Bonchev–Trinajstić information content (AvgIpc) is 2.19. The van der Waals surface area contributed by atoms with Gasteiger partial charge in [-0.15, -0.1) is 6.58 Å². The maximum Gasteiger partial charge on any atom is 0.0464 e. The molecule has 1 atom stereocenters. The third kappa shape index (κ3) is 2.94. The predicted molar refractivity (Wildman–Crippen MR) is 58.5 cm³/mol. The van der Waals surface area contributed by atoms with Gasteiger partial charge in [0.05, 0.1) is 0 Å². The molecule has 3 heteroatoms. The molecule has 3 N–H and O–H groups in total. The molecule has 0 aliphatic heterocycles. The summed E-state index contributed by atoms with van der Waals surface area (Å²) in [7, 11) is 0. The van der Waals surface area contributed by atoms with E-state index in [-0.39, 0.29) is 6.04 Å². The number of hydrogen-bond donors (Lipinski definition) is 2. The molecule has 0 aromatic carbocycles. The molecule has 0 radical (unpaired) electrons. The second-order valence-electron chi connectivity index (χ2n) is 3.32. The zero-order valence-corrected chi connectivity index (χ0v) is 8.53. The van der Waals surface area contributed by atoms with Crippen LogP contribution in [0.1, 0.15) is 30.1 Å². The number of nitrogens with one attached hydrogen (secondary N) is 1. The summed E-state index contributed by atoms with van der Waals surface area (Å²) in [5.74, 6) is 5.49. The van der Waals surface area contributed by atoms with Gasteiger partial charge in [-0.2, -0.15) is 0 Å². The Hall–Kier alpha value is -1.19. The first kappa shape index (κ1) is 10.9. The van der Waals surface area contributed by atoms with Crippen molar-refractivity contribution in [3.8, 4) is 0 Å². The molecule has 0 amide bonds. The molecule has 0 saturated heterocycles. The summed E-state index contributed by atoms with van der Waals surface area (Å²) >= 11 is 0. The first-order valence-electron chi connectivity index (χ1n) is 4.77. The number of nitrogens with zero attached hydrogens (tertiary/aromatic N) is 1. The van der Waals surface area contributed by atoms with Crippen molar-refractivity contribution in [3.63, 3.8) is 0 Å². The highest BCUT2D eigenvalue weighted by Crippen LogP contribution is 2.17. The topological polar surface area (TPSA) is 50.9 Å². The van der Waals surface area contributed by atoms with Crippen LogP contribution in [0.3, 0.4) is 0 Å². The van der Waals surface area contributed by atoms with E-state index in [4.69, 9.17) is 5.84 Å². The number of nitrogens with two attached hydrogens (primary N) is 1. The first-order chi connectivity index (χ1) is 6.77. The van der Waals surface area contributed by atoms with E-state index in [1.807, 2.05) is 31.3 Å². The van der Waals surface area contributed by atoms with Gasteiger partial charge < -0.3 is 0 Å². The van der Waals surface area contributed by atoms with Crippen LogP contribution < -0.4 is 11.3 Å². The Kier molecular flexibility index (Phi) is 4.29. The van der Waals surface area contributed by atoms with Gasteiger partial charge in [-0.1, -0.05) is 6.08 Å². The van der Waals surface area contributed by atoms with E-state index < -0.39 is 0 Å². The molecule has 3 nitrogen and oxygen atoms in total. The van der Waals surface area contributed by atoms with E-state index in [0.29, 0.717) is 0 Å². The van der Waals surface area contributed by atoms with E-state index in [0.717, 1.165) is 18.5 Å². The largest absolute Gasteiger partial charge is 0.271 e. The molecule has 0 spiro atoms. The second-order valence-corrected chi connectivity index (χ2v) is 3.32. The minimum Gasteiger partial charge on any atom is -0.271 e. The van der Waals surface area contributed by atoms with E-state index in [1.54, 1.807) is 0 Å². The zero-order chi connectivity index (χ0) is 10.4. The minimum atomic E-state index is 0.190. The van der Waals surface area contributed by atoms with Crippen LogP contribution in [-0.4, -0.2) is 4.98 Å². The Morgan fingerprint density at radius 2 is 2.50 bits per heavy atom. The van der Waals surface area contributed by atoms with Gasteiger partial charge in [0.1, 0.15) is 0 Å². The van der Waals surface area contributed by atoms with E-state index >= 15 is 0 Å². The van der Waals surface area contributed by atoms with Crippen LogP contribution in [-0.2, 0) is 0 Å². The number of hydrogen-bond acceptors (Lipinski definition) is 3. The number of aryl methyl sites for hydroxylation is 1. The van der Waals surface area contributed by atoms with Crippen molar-refractivity contribution in [1.29, 1.82) is 0 Å². The number of pyridine rings is 1. The van der Waals surface area contributed by atoms with Crippen molar-refractivity contribution in [2.24, 2.45) is 5.84 Å². The number of rotatable bonds is 5. The Morgan fingerprint density at radius 1 is 1.71 bits per heavy atom. The zero-order valence-electron chi connectivity index (χ0n) is 8.53. The van der Waals surface area contributed by atoms with Crippen LogP contribution in [0.4, 0.5) is 0 Å². The molecule has 0 fully saturated rings. The summed E-state index contributed by atoms with van der Waals surface area (Å²) in [4.78, 5) is 4.15. The maximum absolute atomic E-state index is 5.49. The highest BCUT2D eigenvalue weighted by molar-refractivity contribution is 5.19. The standard InChI is InChI=1S/C11H17N3/c1-3-4-5-11(14-12)10-6-7-13-9(2)8-10/h3,6-8,11,14H,1,4-5,12H2,2H3. The van der Waals surface area contributed by atoms with Crippen molar-refractivity contribution >= 4 is 0 Å². The minimum absolute atomic E-state index is 0.190. The Balaban J connectivity index is 2.72. The molecular formula is C11H17N3. The molecule has 1 aromatic rings. The summed E-state index contributed by atoms with van der Waals surface area (Å²) < 4.78 is 0. The monoisotopic (exact) mass is 191 g/mol. The molecule has 1 rings (SSSR count). The highest BCUT2D eigenvalue weighted by Gasteiger charge is 2.08. The maximum atomic E-state index is 5.49. The van der Waals surface area contributed by atoms with E-state index in [1.165, 1.54) is 5.56 Å². The molecule has 14 heavy (non-hydrogen) atoms. The molecule has 1 unspecified atom stereocenters. The van der Waals surface area contributed by atoms with Gasteiger partial charge in [0.15, 0.2) is 0 Å². The van der Waals surface area contributed by atoms with Crippen molar-refractivity contribution < 1.29 is 0 Å². The lowest BCUT2D eigenvalue weighted by Gasteiger charge is -2.15. The molecule has 0 saturated carbocycles. The SMILES string of the molecule is C=CCCC(NN)c1ccnc(C)c1. The molecule has 0 bridgehead atoms. The highest BCUT2D eigenvalue weighted by atomic mass is 15.2. The molecular weight excluding hydrogens is 174 g/mol. The third-order valence-electron chi connectivity index (χ3n) is 2.18. The lowest BCUT2D eigenvalue weighted by molar-refractivity contribution is 0.520.